The third-order valence-electron chi connectivity index (χ3n) is 4.85. The highest BCUT2D eigenvalue weighted by atomic mass is 32.1. The lowest BCUT2D eigenvalue weighted by Gasteiger charge is -2.30. The van der Waals surface area contributed by atoms with E-state index in [1.165, 1.54) is 11.3 Å². The number of hydrogen-bond acceptors (Lipinski definition) is 6. The zero-order valence-electron chi connectivity index (χ0n) is 14.2. The molecule has 25 heavy (non-hydrogen) atoms. The van der Waals surface area contributed by atoms with Crippen LogP contribution in [0.5, 0.6) is 0 Å². The Labute approximate surface area is 150 Å². The number of nitrogens with zero attached hydrogens (tertiary/aromatic N) is 1. The van der Waals surface area contributed by atoms with Gasteiger partial charge in [-0.1, -0.05) is 6.07 Å². The predicted molar refractivity (Wildman–Crippen MR) is 90.9 cm³/mol. The van der Waals surface area contributed by atoms with Crippen molar-refractivity contribution < 1.29 is 24.2 Å². The molecule has 3 heterocycles. The average Bonchev–Trinajstić information content (AvgIpc) is 3.10. The first kappa shape index (κ1) is 16.8. The van der Waals surface area contributed by atoms with Gasteiger partial charge in [0, 0.05) is 10.8 Å². The quantitative estimate of drug-likeness (QED) is 0.869. The van der Waals surface area contributed by atoms with Gasteiger partial charge in [-0.25, -0.2) is 0 Å². The Hall–Kier alpha value is -1.70. The number of carbonyl (C=O) groups excluding carboxylic acids is 2. The van der Waals surface area contributed by atoms with Crippen molar-refractivity contribution in [3.63, 3.8) is 0 Å². The van der Waals surface area contributed by atoms with Crippen LogP contribution in [0.3, 0.4) is 0 Å². The summed E-state index contributed by atoms with van der Waals surface area (Å²) in [5, 5.41) is 12.4. The lowest BCUT2D eigenvalue weighted by molar-refractivity contribution is -0.149. The minimum atomic E-state index is -0.770. The molecule has 0 aromatic carbocycles. The van der Waals surface area contributed by atoms with Crippen molar-refractivity contribution in [1.82, 2.24) is 4.90 Å². The molecule has 134 valence electrons. The number of rotatable bonds is 5. The predicted octanol–water partition coefficient (Wildman–Crippen LogP) is 2.40. The number of carbonyl (C=O) groups is 2. The number of amides is 1. The lowest BCUT2D eigenvalue weighted by atomic mass is 9.96. The molecule has 3 aliphatic rings. The van der Waals surface area contributed by atoms with Crippen LogP contribution in [-0.2, 0) is 25.6 Å². The van der Waals surface area contributed by atoms with Gasteiger partial charge in [0.15, 0.2) is 17.3 Å². The first-order valence-electron chi connectivity index (χ1n) is 8.50. The summed E-state index contributed by atoms with van der Waals surface area (Å²) in [6, 6.07) is 3.24. The molecule has 1 N–H and O–H groups in total. The molecule has 2 aliphatic heterocycles. The van der Waals surface area contributed by atoms with Gasteiger partial charge in [0.1, 0.15) is 6.10 Å². The van der Waals surface area contributed by atoms with Gasteiger partial charge in [-0.05, 0) is 38.1 Å². The molecule has 4 rings (SSSR count). The summed E-state index contributed by atoms with van der Waals surface area (Å²) in [4.78, 5) is 28.0. The summed E-state index contributed by atoms with van der Waals surface area (Å²) in [6.45, 7) is 4.23. The third kappa shape index (κ3) is 3.01. The molecule has 7 heteroatoms. The van der Waals surface area contributed by atoms with E-state index >= 15 is 0 Å². The van der Waals surface area contributed by atoms with Crippen LogP contribution in [0.1, 0.15) is 31.6 Å². The number of ketones is 1. The van der Waals surface area contributed by atoms with Crippen molar-refractivity contribution >= 4 is 23.0 Å². The van der Waals surface area contributed by atoms with Crippen molar-refractivity contribution in [1.29, 1.82) is 0 Å². The maximum atomic E-state index is 12.7. The second kappa shape index (κ2) is 5.93. The number of Topliss-reactive ketones (excluding diaryl/α,β-unsaturated/α-hetero) is 1. The van der Waals surface area contributed by atoms with E-state index in [0.29, 0.717) is 6.54 Å². The summed E-state index contributed by atoms with van der Waals surface area (Å²) in [5.41, 5.74) is 0.204. The van der Waals surface area contributed by atoms with Gasteiger partial charge in [0.05, 0.1) is 24.8 Å². The zero-order chi connectivity index (χ0) is 17.8. The summed E-state index contributed by atoms with van der Waals surface area (Å²) in [7, 11) is 0. The van der Waals surface area contributed by atoms with E-state index < -0.39 is 29.6 Å². The summed E-state index contributed by atoms with van der Waals surface area (Å²) in [5.74, 6) is -1.90. The first-order valence-corrected chi connectivity index (χ1v) is 9.38. The number of aliphatic hydroxyl groups is 1. The molecule has 1 aromatic heterocycles. The highest BCUT2D eigenvalue weighted by molar-refractivity contribution is 7.09. The van der Waals surface area contributed by atoms with Crippen LogP contribution in [0.2, 0.25) is 0 Å². The SMILES string of the molecule is CC1(C)OCC(C2C(C(=O)C3CC3)=C(O)C(=O)N2Cc2cccs2)O1. The number of thiophene rings is 1. The van der Waals surface area contributed by atoms with E-state index in [2.05, 4.69) is 0 Å². The Morgan fingerprint density at radius 2 is 2.20 bits per heavy atom. The van der Waals surface area contributed by atoms with Gasteiger partial charge in [-0.3, -0.25) is 9.59 Å². The van der Waals surface area contributed by atoms with Crippen LogP contribution in [0, 0.1) is 5.92 Å². The summed E-state index contributed by atoms with van der Waals surface area (Å²) < 4.78 is 11.6. The van der Waals surface area contributed by atoms with Gasteiger partial charge < -0.3 is 19.5 Å². The molecule has 1 aliphatic carbocycles. The molecule has 2 fully saturated rings. The highest BCUT2D eigenvalue weighted by Crippen LogP contribution is 2.41. The topological polar surface area (TPSA) is 76.1 Å². The van der Waals surface area contributed by atoms with Gasteiger partial charge in [-0.2, -0.15) is 0 Å². The molecule has 2 atom stereocenters. The van der Waals surface area contributed by atoms with Crippen LogP contribution < -0.4 is 0 Å². The Kier molecular flexibility index (Phi) is 3.97. The maximum Gasteiger partial charge on any atom is 0.290 e. The lowest BCUT2D eigenvalue weighted by Crippen LogP contribution is -2.45. The van der Waals surface area contributed by atoms with Gasteiger partial charge in [0.2, 0.25) is 0 Å². The minimum absolute atomic E-state index is 0.0792. The number of hydrogen-bond donors (Lipinski definition) is 1. The molecule has 1 saturated heterocycles. The Morgan fingerprint density at radius 1 is 1.44 bits per heavy atom. The van der Waals surface area contributed by atoms with Crippen molar-refractivity contribution in [2.45, 2.75) is 51.2 Å². The Morgan fingerprint density at radius 3 is 2.76 bits per heavy atom. The molecule has 1 aromatic rings. The maximum absolute atomic E-state index is 12.7. The molecular weight excluding hydrogens is 342 g/mol. The molecule has 0 radical (unpaired) electrons. The fourth-order valence-electron chi connectivity index (χ4n) is 3.50. The molecule has 0 spiro atoms. The van der Waals surface area contributed by atoms with Crippen LogP contribution in [-0.4, -0.2) is 46.2 Å². The fraction of sp³-hybridized carbons (Fsp3) is 0.556. The van der Waals surface area contributed by atoms with Crippen molar-refractivity contribution in [2.75, 3.05) is 6.61 Å². The van der Waals surface area contributed by atoms with E-state index in [9.17, 15) is 14.7 Å². The van der Waals surface area contributed by atoms with Crippen molar-refractivity contribution in [2.24, 2.45) is 5.92 Å². The van der Waals surface area contributed by atoms with Crippen LogP contribution in [0.25, 0.3) is 0 Å². The second-order valence-corrected chi connectivity index (χ2v) is 8.26. The molecule has 1 saturated carbocycles. The zero-order valence-corrected chi connectivity index (χ0v) is 15.0. The largest absolute Gasteiger partial charge is 0.503 e. The smallest absolute Gasteiger partial charge is 0.290 e. The average molecular weight is 363 g/mol. The van der Waals surface area contributed by atoms with E-state index in [4.69, 9.17) is 9.47 Å². The van der Waals surface area contributed by atoms with E-state index in [1.54, 1.807) is 18.7 Å². The van der Waals surface area contributed by atoms with E-state index in [0.717, 1.165) is 17.7 Å². The summed E-state index contributed by atoms with van der Waals surface area (Å²) in [6.07, 6.45) is 1.16. The fourth-order valence-corrected chi connectivity index (χ4v) is 4.20. The number of aliphatic hydroxyl groups excluding tert-OH is 1. The third-order valence-corrected chi connectivity index (χ3v) is 5.71. The Balaban J connectivity index is 1.68. The van der Waals surface area contributed by atoms with Gasteiger partial charge in [0.25, 0.3) is 5.91 Å². The molecular formula is C18H21NO5S. The van der Waals surface area contributed by atoms with E-state index in [-0.39, 0.29) is 23.9 Å². The molecule has 6 nitrogen and oxygen atoms in total. The first-order chi connectivity index (χ1) is 11.9. The monoisotopic (exact) mass is 363 g/mol. The van der Waals surface area contributed by atoms with Gasteiger partial charge >= 0.3 is 0 Å². The minimum Gasteiger partial charge on any atom is -0.503 e. The molecule has 0 bridgehead atoms. The van der Waals surface area contributed by atoms with Crippen LogP contribution >= 0.6 is 11.3 Å². The molecule has 2 unspecified atom stereocenters. The number of ether oxygens (including phenoxy) is 2. The molecule has 1 amide bonds. The van der Waals surface area contributed by atoms with Gasteiger partial charge in [-0.15, -0.1) is 11.3 Å². The normalized spacial score (nSPS) is 28.9. The van der Waals surface area contributed by atoms with Crippen LogP contribution in [0.4, 0.5) is 0 Å². The van der Waals surface area contributed by atoms with Crippen molar-refractivity contribution in [3.05, 3.63) is 33.7 Å². The standard InChI is InChI=1S/C18H21NO5S/c1-18(2)23-9-12(24-18)14-13(15(20)10-5-6-10)16(21)17(22)19(14)8-11-4-3-7-25-11/h3-4,7,10,12,14,21H,5-6,8-9H2,1-2H3. The highest BCUT2D eigenvalue weighted by Gasteiger charge is 2.52. The van der Waals surface area contributed by atoms with Crippen molar-refractivity contribution in [3.8, 4) is 0 Å². The Bertz CT molecular complexity index is 735. The van der Waals surface area contributed by atoms with Crippen LogP contribution in [0.15, 0.2) is 28.8 Å². The van der Waals surface area contributed by atoms with E-state index in [1.807, 2.05) is 17.5 Å². The summed E-state index contributed by atoms with van der Waals surface area (Å²) >= 11 is 1.53. The second-order valence-electron chi connectivity index (χ2n) is 7.23.